The molecule has 156 valence electrons. The maximum atomic E-state index is 11.6. The molecule has 2 fully saturated rings. The van der Waals surface area contributed by atoms with Crippen LogP contribution in [0.4, 0.5) is 10.9 Å². The van der Waals surface area contributed by atoms with Gasteiger partial charge in [0, 0.05) is 50.3 Å². The van der Waals surface area contributed by atoms with E-state index in [2.05, 4.69) is 31.2 Å². The summed E-state index contributed by atoms with van der Waals surface area (Å²) in [7, 11) is 0. The summed E-state index contributed by atoms with van der Waals surface area (Å²) in [5, 5.41) is 4.49. The summed E-state index contributed by atoms with van der Waals surface area (Å²) in [5.41, 5.74) is 1.04. The minimum atomic E-state index is 0.127. The molecule has 1 N–H and O–H groups in total. The zero-order valence-electron chi connectivity index (χ0n) is 17.0. The number of thiazole rings is 1. The molecule has 0 spiro atoms. The molecular formula is C22H25N5O2S. The highest BCUT2D eigenvalue weighted by Gasteiger charge is 2.33. The Hall–Kier alpha value is -2.74. The molecule has 1 aliphatic heterocycles. The van der Waals surface area contributed by atoms with Crippen LogP contribution in [0.3, 0.4) is 0 Å². The number of nitrogens with zero attached hydrogens (tertiary/aromatic N) is 4. The largest absolute Gasteiger partial charge is 0.472 e. The predicted octanol–water partition coefficient (Wildman–Crippen LogP) is 3.91. The Bertz CT molecular complexity index is 1010. The minimum Gasteiger partial charge on any atom is -0.472 e. The number of nitrogens with one attached hydrogen (secondary N) is 1. The molecule has 30 heavy (non-hydrogen) atoms. The van der Waals surface area contributed by atoms with Crippen molar-refractivity contribution in [2.24, 2.45) is 5.92 Å². The molecule has 1 saturated carbocycles. The van der Waals surface area contributed by atoms with Crippen molar-refractivity contribution < 1.29 is 9.53 Å². The summed E-state index contributed by atoms with van der Waals surface area (Å²) >= 11 is 1.69. The van der Waals surface area contributed by atoms with Gasteiger partial charge in [-0.2, -0.15) is 0 Å². The highest BCUT2D eigenvalue weighted by molar-refractivity contribution is 7.22. The average molecular weight is 424 g/mol. The van der Waals surface area contributed by atoms with Crippen LogP contribution < -0.4 is 15.0 Å². The summed E-state index contributed by atoms with van der Waals surface area (Å²) in [6, 6.07) is 8.55. The number of benzene rings is 1. The van der Waals surface area contributed by atoms with Crippen LogP contribution in [0.2, 0.25) is 0 Å². The van der Waals surface area contributed by atoms with Crippen molar-refractivity contribution in [3.8, 4) is 5.88 Å². The summed E-state index contributed by atoms with van der Waals surface area (Å²) in [6.07, 6.45) is 7.07. The highest BCUT2D eigenvalue weighted by atomic mass is 32.1. The van der Waals surface area contributed by atoms with Crippen LogP contribution in [0, 0.1) is 5.92 Å². The second kappa shape index (κ2) is 8.18. The van der Waals surface area contributed by atoms with Gasteiger partial charge in [0.1, 0.15) is 11.9 Å². The quantitative estimate of drug-likeness (QED) is 0.644. The van der Waals surface area contributed by atoms with Gasteiger partial charge >= 0.3 is 0 Å². The lowest BCUT2D eigenvalue weighted by Crippen LogP contribution is -2.43. The summed E-state index contributed by atoms with van der Waals surface area (Å²) in [4.78, 5) is 27.4. The number of aromatic nitrogens is 3. The zero-order valence-corrected chi connectivity index (χ0v) is 17.8. The van der Waals surface area contributed by atoms with Crippen molar-refractivity contribution in [3.63, 3.8) is 0 Å². The second-order valence-corrected chi connectivity index (χ2v) is 9.13. The average Bonchev–Trinajstić information content (AvgIpc) is 3.15. The number of ketones is 1. The number of rotatable bonds is 6. The van der Waals surface area contributed by atoms with E-state index in [1.54, 1.807) is 30.7 Å². The first-order valence-electron chi connectivity index (χ1n) is 10.5. The van der Waals surface area contributed by atoms with Crippen LogP contribution in [-0.2, 0) is 4.79 Å². The van der Waals surface area contributed by atoms with Crippen LogP contribution in [0.15, 0.2) is 36.7 Å². The van der Waals surface area contributed by atoms with Gasteiger partial charge in [0.15, 0.2) is 10.9 Å². The first-order chi connectivity index (χ1) is 14.7. The number of carbonyl (C=O) groups is 1. The van der Waals surface area contributed by atoms with Gasteiger partial charge in [0.25, 0.3) is 5.88 Å². The van der Waals surface area contributed by atoms with Crippen LogP contribution in [0.5, 0.6) is 5.88 Å². The number of fused-ring (bicyclic) bond motifs is 1. The van der Waals surface area contributed by atoms with E-state index in [-0.39, 0.29) is 17.8 Å². The van der Waals surface area contributed by atoms with Crippen LogP contribution in [0.1, 0.15) is 32.6 Å². The smallest absolute Gasteiger partial charge is 0.257 e. The van der Waals surface area contributed by atoms with Crippen molar-refractivity contribution >= 4 is 38.3 Å². The summed E-state index contributed by atoms with van der Waals surface area (Å²) in [5.74, 6) is 1.85. The van der Waals surface area contributed by atoms with E-state index < -0.39 is 0 Å². The Morgan fingerprint density at radius 3 is 2.70 bits per heavy atom. The normalized spacial score (nSPS) is 22.0. The van der Waals surface area contributed by atoms with Gasteiger partial charge in [-0.25, -0.2) is 15.0 Å². The maximum Gasteiger partial charge on any atom is 0.257 e. The third-order valence-corrected chi connectivity index (χ3v) is 6.98. The minimum absolute atomic E-state index is 0.127. The molecule has 0 radical (unpaired) electrons. The van der Waals surface area contributed by atoms with Gasteiger partial charge in [-0.3, -0.25) is 4.79 Å². The van der Waals surface area contributed by atoms with E-state index in [1.807, 2.05) is 18.2 Å². The van der Waals surface area contributed by atoms with E-state index in [0.29, 0.717) is 11.9 Å². The zero-order chi connectivity index (χ0) is 20.5. The molecule has 8 heteroatoms. The Morgan fingerprint density at radius 2 is 1.93 bits per heavy atom. The van der Waals surface area contributed by atoms with Crippen LogP contribution in [0.25, 0.3) is 10.2 Å². The monoisotopic (exact) mass is 423 g/mol. The summed E-state index contributed by atoms with van der Waals surface area (Å²) < 4.78 is 7.40. The molecule has 2 aromatic heterocycles. The standard InChI is InChI=1S/C22H25N5O2S/c1-14(28)15-6-10-27(11-7-15)20-21(24-9-8-23-20)29-17-12-16(13-17)25-22-26-18-4-2-3-5-19(18)30-22/h2-5,8-9,15-17H,6-7,10-13H2,1H3,(H,25,26). The van der Waals surface area contributed by atoms with Crippen LogP contribution in [-0.4, -0.2) is 46.0 Å². The highest BCUT2D eigenvalue weighted by Crippen LogP contribution is 2.34. The van der Waals surface area contributed by atoms with E-state index in [0.717, 1.165) is 55.2 Å². The molecule has 1 saturated heterocycles. The Labute approximate surface area is 179 Å². The van der Waals surface area contributed by atoms with Gasteiger partial charge in [-0.15, -0.1) is 0 Å². The van der Waals surface area contributed by atoms with Crippen LogP contribution >= 0.6 is 11.3 Å². The van der Waals surface area contributed by atoms with Crippen molar-refractivity contribution in [2.45, 2.75) is 44.8 Å². The lowest BCUT2D eigenvalue weighted by Gasteiger charge is -2.37. The number of ether oxygens (including phenoxy) is 1. The Balaban J connectivity index is 1.17. The summed E-state index contributed by atoms with van der Waals surface area (Å²) in [6.45, 7) is 3.31. The fourth-order valence-electron chi connectivity index (χ4n) is 4.16. The predicted molar refractivity (Wildman–Crippen MR) is 118 cm³/mol. The van der Waals surface area contributed by atoms with Gasteiger partial charge in [0.05, 0.1) is 10.2 Å². The first kappa shape index (κ1) is 19.2. The van der Waals surface area contributed by atoms with Crippen molar-refractivity contribution in [1.29, 1.82) is 0 Å². The van der Waals surface area contributed by atoms with E-state index in [1.165, 1.54) is 4.70 Å². The molecule has 3 heterocycles. The number of Topliss-reactive ketones (excluding diaryl/α,β-unsaturated/α-hetero) is 1. The molecule has 0 bridgehead atoms. The molecule has 1 aromatic carbocycles. The Kier molecular flexibility index (Phi) is 5.25. The second-order valence-electron chi connectivity index (χ2n) is 8.10. The molecule has 0 unspecified atom stereocenters. The fourth-order valence-corrected chi connectivity index (χ4v) is 5.10. The molecule has 3 aromatic rings. The molecule has 0 atom stereocenters. The maximum absolute atomic E-state index is 11.6. The van der Waals surface area contributed by atoms with Gasteiger partial charge in [0.2, 0.25) is 0 Å². The number of carbonyl (C=O) groups excluding carboxylic acids is 1. The van der Waals surface area contributed by atoms with E-state index in [9.17, 15) is 4.79 Å². The number of hydrogen-bond donors (Lipinski definition) is 1. The van der Waals surface area contributed by atoms with Gasteiger partial charge in [-0.1, -0.05) is 23.5 Å². The van der Waals surface area contributed by atoms with Crippen molar-refractivity contribution in [3.05, 3.63) is 36.7 Å². The third-order valence-electron chi connectivity index (χ3n) is 6.01. The van der Waals surface area contributed by atoms with E-state index >= 15 is 0 Å². The topological polar surface area (TPSA) is 80.2 Å². The number of piperidine rings is 1. The van der Waals surface area contributed by atoms with Gasteiger partial charge in [-0.05, 0) is 31.9 Å². The molecule has 5 rings (SSSR count). The number of anilines is 2. The molecule has 7 nitrogen and oxygen atoms in total. The van der Waals surface area contributed by atoms with Gasteiger partial charge < -0.3 is 15.0 Å². The number of para-hydroxylation sites is 1. The third kappa shape index (κ3) is 3.96. The van der Waals surface area contributed by atoms with E-state index in [4.69, 9.17) is 4.74 Å². The molecule has 2 aliphatic rings. The molecular weight excluding hydrogens is 398 g/mol. The Morgan fingerprint density at radius 1 is 1.17 bits per heavy atom. The molecule has 0 amide bonds. The molecule has 1 aliphatic carbocycles. The lowest BCUT2D eigenvalue weighted by atomic mass is 9.89. The van der Waals surface area contributed by atoms with Crippen molar-refractivity contribution in [1.82, 2.24) is 15.0 Å². The number of hydrogen-bond acceptors (Lipinski definition) is 8. The fraction of sp³-hybridized carbons (Fsp3) is 0.455. The first-order valence-corrected chi connectivity index (χ1v) is 11.3. The lowest BCUT2D eigenvalue weighted by molar-refractivity contribution is -0.121. The van der Waals surface area contributed by atoms with Crippen molar-refractivity contribution in [2.75, 3.05) is 23.3 Å². The SMILES string of the molecule is CC(=O)C1CCN(c2nccnc2OC2CC(Nc3nc4ccccc4s3)C2)CC1.